The van der Waals surface area contributed by atoms with E-state index in [1.165, 1.54) is 6.92 Å². The molecule has 1 heterocycles. The molecule has 0 spiro atoms. The third kappa shape index (κ3) is 6.07. The second kappa shape index (κ2) is 9.03. The standard InChI is InChI=1S/C17H23N3O5/c1-11(21)19-8-6-16(22)20-14-7-9-24-10-15(14)25-13-4-2-12(3-5-13)17(18)23/h2-5,14-15H,6-10H2,1H3,(H2,18,23)(H,19,21)(H,20,22)/t14-,15-/m1/s1. The summed E-state index contributed by atoms with van der Waals surface area (Å²) in [6, 6.07) is 6.30. The summed E-state index contributed by atoms with van der Waals surface area (Å²) in [7, 11) is 0. The van der Waals surface area contributed by atoms with Crippen LogP contribution >= 0.6 is 0 Å². The van der Waals surface area contributed by atoms with E-state index in [4.69, 9.17) is 15.2 Å². The molecule has 8 nitrogen and oxygen atoms in total. The highest BCUT2D eigenvalue weighted by atomic mass is 16.5. The number of carbonyl (C=O) groups excluding carboxylic acids is 3. The number of primary amides is 1. The Hall–Kier alpha value is -2.61. The Kier molecular flexibility index (Phi) is 6.76. The van der Waals surface area contributed by atoms with Gasteiger partial charge in [0.2, 0.25) is 17.7 Å². The molecule has 0 aromatic heterocycles. The molecule has 4 N–H and O–H groups in total. The lowest BCUT2D eigenvalue weighted by atomic mass is 10.1. The van der Waals surface area contributed by atoms with Gasteiger partial charge >= 0.3 is 0 Å². The largest absolute Gasteiger partial charge is 0.486 e. The molecule has 136 valence electrons. The number of ether oxygens (including phenoxy) is 2. The Balaban J connectivity index is 1.89. The first-order valence-corrected chi connectivity index (χ1v) is 8.14. The number of hydrogen-bond acceptors (Lipinski definition) is 5. The average Bonchev–Trinajstić information content (AvgIpc) is 2.57. The smallest absolute Gasteiger partial charge is 0.248 e. The summed E-state index contributed by atoms with van der Waals surface area (Å²) in [6.07, 6.45) is 0.505. The summed E-state index contributed by atoms with van der Waals surface area (Å²) in [6.45, 7) is 2.60. The fourth-order valence-corrected chi connectivity index (χ4v) is 2.50. The van der Waals surface area contributed by atoms with Crippen LogP contribution in [0, 0.1) is 0 Å². The number of hydrogen-bond donors (Lipinski definition) is 3. The van der Waals surface area contributed by atoms with Crippen LogP contribution in [0.4, 0.5) is 0 Å². The summed E-state index contributed by atoms with van der Waals surface area (Å²) in [5.41, 5.74) is 5.61. The maximum Gasteiger partial charge on any atom is 0.248 e. The van der Waals surface area contributed by atoms with Crippen molar-refractivity contribution in [2.45, 2.75) is 31.9 Å². The highest BCUT2D eigenvalue weighted by molar-refractivity contribution is 5.92. The van der Waals surface area contributed by atoms with Gasteiger partial charge in [-0.1, -0.05) is 0 Å². The lowest BCUT2D eigenvalue weighted by Crippen LogP contribution is -2.51. The summed E-state index contributed by atoms with van der Waals surface area (Å²) in [5, 5.41) is 5.51. The number of carbonyl (C=O) groups is 3. The molecule has 1 saturated heterocycles. The van der Waals surface area contributed by atoms with Gasteiger partial charge in [-0.2, -0.15) is 0 Å². The molecule has 1 aliphatic rings. The number of nitrogens with two attached hydrogens (primary N) is 1. The first kappa shape index (κ1) is 18.7. The molecule has 0 saturated carbocycles. The van der Waals surface area contributed by atoms with Gasteiger partial charge in [-0.3, -0.25) is 14.4 Å². The summed E-state index contributed by atoms with van der Waals surface area (Å²) in [4.78, 5) is 33.9. The van der Waals surface area contributed by atoms with Crippen molar-refractivity contribution in [2.24, 2.45) is 5.73 Å². The lowest BCUT2D eigenvalue weighted by molar-refractivity contribution is -0.124. The van der Waals surface area contributed by atoms with Gasteiger partial charge in [-0.25, -0.2) is 0 Å². The number of rotatable bonds is 7. The minimum Gasteiger partial charge on any atom is -0.486 e. The maximum absolute atomic E-state index is 12.0. The van der Waals surface area contributed by atoms with E-state index in [1.54, 1.807) is 24.3 Å². The van der Waals surface area contributed by atoms with Gasteiger partial charge in [-0.15, -0.1) is 0 Å². The van der Waals surface area contributed by atoms with E-state index in [-0.39, 0.29) is 30.4 Å². The van der Waals surface area contributed by atoms with Crippen LogP contribution in [0.5, 0.6) is 5.75 Å². The zero-order valence-corrected chi connectivity index (χ0v) is 14.1. The van der Waals surface area contributed by atoms with Crippen molar-refractivity contribution in [3.8, 4) is 5.75 Å². The van der Waals surface area contributed by atoms with Crippen molar-refractivity contribution in [2.75, 3.05) is 19.8 Å². The first-order chi connectivity index (χ1) is 12.0. The molecule has 1 fully saturated rings. The third-order valence-corrected chi connectivity index (χ3v) is 3.80. The van der Waals surface area contributed by atoms with Gasteiger partial charge in [0.25, 0.3) is 0 Å². The number of nitrogens with one attached hydrogen (secondary N) is 2. The molecule has 2 atom stereocenters. The van der Waals surface area contributed by atoms with E-state index in [0.717, 1.165) is 0 Å². The van der Waals surface area contributed by atoms with Crippen molar-refractivity contribution in [1.82, 2.24) is 10.6 Å². The average molecular weight is 349 g/mol. The van der Waals surface area contributed by atoms with Crippen molar-refractivity contribution >= 4 is 17.7 Å². The molecule has 0 aliphatic carbocycles. The number of benzene rings is 1. The molecule has 1 aromatic carbocycles. The molecule has 0 radical (unpaired) electrons. The van der Waals surface area contributed by atoms with E-state index in [9.17, 15) is 14.4 Å². The summed E-state index contributed by atoms with van der Waals surface area (Å²) >= 11 is 0. The van der Waals surface area contributed by atoms with Crippen LogP contribution in [-0.2, 0) is 14.3 Å². The SMILES string of the molecule is CC(=O)NCCC(=O)N[C@@H]1CCOC[C@H]1Oc1ccc(C(N)=O)cc1. The number of amides is 3. The molecule has 25 heavy (non-hydrogen) atoms. The second-order valence-corrected chi connectivity index (χ2v) is 5.82. The molecular weight excluding hydrogens is 326 g/mol. The Bertz CT molecular complexity index is 617. The molecule has 8 heteroatoms. The van der Waals surface area contributed by atoms with Gasteiger partial charge in [0.05, 0.1) is 12.6 Å². The van der Waals surface area contributed by atoms with Crippen LogP contribution in [0.25, 0.3) is 0 Å². The van der Waals surface area contributed by atoms with Crippen molar-refractivity contribution in [3.05, 3.63) is 29.8 Å². The summed E-state index contributed by atoms with van der Waals surface area (Å²) < 4.78 is 11.3. The van der Waals surface area contributed by atoms with E-state index in [2.05, 4.69) is 10.6 Å². The predicted molar refractivity (Wildman–Crippen MR) is 90.0 cm³/mol. The van der Waals surface area contributed by atoms with Gasteiger partial charge in [0.15, 0.2) is 0 Å². The second-order valence-electron chi connectivity index (χ2n) is 5.82. The zero-order chi connectivity index (χ0) is 18.2. The van der Waals surface area contributed by atoms with Crippen LogP contribution < -0.4 is 21.1 Å². The van der Waals surface area contributed by atoms with Crippen LogP contribution in [-0.4, -0.2) is 49.6 Å². The van der Waals surface area contributed by atoms with Crippen molar-refractivity contribution in [3.63, 3.8) is 0 Å². The Morgan fingerprint density at radius 2 is 2.00 bits per heavy atom. The molecule has 0 unspecified atom stereocenters. The normalized spacial score (nSPS) is 19.7. The lowest BCUT2D eigenvalue weighted by Gasteiger charge is -2.32. The molecule has 2 rings (SSSR count). The van der Waals surface area contributed by atoms with E-state index in [0.29, 0.717) is 37.5 Å². The monoisotopic (exact) mass is 349 g/mol. The summed E-state index contributed by atoms with van der Waals surface area (Å²) in [5.74, 6) is -0.257. The van der Waals surface area contributed by atoms with E-state index >= 15 is 0 Å². The Labute approximate surface area is 146 Å². The highest BCUT2D eigenvalue weighted by Gasteiger charge is 2.28. The predicted octanol–water partition coefficient (Wildman–Crippen LogP) is -0.0358. The van der Waals surface area contributed by atoms with Crippen molar-refractivity contribution in [1.29, 1.82) is 0 Å². The fraction of sp³-hybridized carbons (Fsp3) is 0.471. The molecular formula is C17H23N3O5. The van der Waals surface area contributed by atoms with E-state index < -0.39 is 5.91 Å². The molecule has 1 aliphatic heterocycles. The van der Waals surface area contributed by atoms with Crippen LogP contribution in [0.15, 0.2) is 24.3 Å². The Morgan fingerprint density at radius 1 is 1.28 bits per heavy atom. The molecule has 0 bridgehead atoms. The minimum atomic E-state index is -0.503. The molecule has 1 aromatic rings. The zero-order valence-electron chi connectivity index (χ0n) is 14.1. The quantitative estimate of drug-likeness (QED) is 0.638. The maximum atomic E-state index is 12.0. The van der Waals surface area contributed by atoms with Gasteiger partial charge in [0, 0.05) is 32.1 Å². The fourth-order valence-electron chi connectivity index (χ4n) is 2.50. The third-order valence-electron chi connectivity index (χ3n) is 3.80. The minimum absolute atomic E-state index is 0.154. The van der Waals surface area contributed by atoms with Gasteiger partial charge < -0.3 is 25.8 Å². The first-order valence-electron chi connectivity index (χ1n) is 8.14. The Morgan fingerprint density at radius 3 is 2.64 bits per heavy atom. The van der Waals surface area contributed by atoms with Crippen LogP contribution in [0.3, 0.4) is 0 Å². The van der Waals surface area contributed by atoms with Crippen LogP contribution in [0.1, 0.15) is 30.1 Å². The van der Waals surface area contributed by atoms with Gasteiger partial charge in [0.1, 0.15) is 11.9 Å². The molecule has 3 amide bonds. The van der Waals surface area contributed by atoms with E-state index in [1.807, 2.05) is 0 Å². The van der Waals surface area contributed by atoms with Crippen molar-refractivity contribution < 1.29 is 23.9 Å². The topological polar surface area (TPSA) is 120 Å². The highest BCUT2D eigenvalue weighted by Crippen LogP contribution is 2.18. The van der Waals surface area contributed by atoms with Crippen LogP contribution in [0.2, 0.25) is 0 Å². The van der Waals surface area contributed by atoms with Gasteiger partial charge in [-0.05, 0) is 30.7 Å².